The predicted molar refractivity (Wildman–Crippen MR) is 55.0 cm³/mol. The van der Waals surface area contributed by atoms with Crippen LogP contribution in [-0.2, 0) is 4.74 Å². The average molecular weight is 186 g/mol. The summed E-state index contributed by atoms with van der Waals surface area (Å²) in [5.74, 6) is 0. The summed E-state index contributed by atoms with van der Waals surface area (Å²) >= 11 is 0. The summed E-state index contributed by atoms with van der Waals surface area (Å²) in [4.78, 5) is 2.26. The first-order chi connectivity index (χ1) is 6.25. The molecule has 13 heavy (non-hydrogen) atoms. The number of nitrogens with one attached hydrogen (secondary N) is 1. The highest BCUT2D eigenvalue weighted by Crippen LogP contribution is 2.11. The molecule has 1 aliphatic heterocycles. The van der Waals surface area contributed by atoms with Gasteiger partial charge in [-0.15, -0.1) is 0 Å². The van der Waals surface area contributed by atoms with Crippen molar-refractivity contribution in [1.29, 1.82) is 0 Å². The summed E-state index contributed by atoms with van der Waals surface area (Å²) < 4.78 is 5.47. The molecular formula is C10H22N2O. The Kier molecular flexibility index (Phi) is 4.70. The number of rotatable bonds is 4. The van der Waals surface area contributed by atoms with Gasteiger partial charge in [-0.1, -0.05) is 6.92 Å². The lowest BCUT2D eigenvalue weighted by atomic mass is 10.0. The van der Waals surface area contributed by atoms with Crippen molar-refractivity contribution in [2.24, 2.45) is 0 Å². The molecule has 78 valence electrons. The number of hydrogen-bond donors (Lipinski definition) is 1. The number of nitrogens with zero attached hydrogens (tertiary/aromatic N) is 1. The van der Waals surface area contributed by atoms with Gasteiger partial charge in [0.05, 0.1) is 6.61 Å². The van der Waals surface area contributed by atoms with E-state index in [-0.39, 0.29) is 0 Å². The van der Waals surface area contributed by atoms with Gasteiger partial charge in [0, 0.05) is 18.7 Å². The molecule has 2 unspecified atom stereocenters. The van der Waals surface area contributed by atoms with Crippen LogP contribution in [0.2, 0.25) is 0 Å². The Morgan fingerprint density at radius 1 is 1.46 bits per heavy atom. The summed E-state index contributed by atoms with van der Waals surface area (Å²) in [5, 5.41) is 3.58. The molecule has 3 nitrogen and oxygen atoms in total. The molecule has 3 heteroatoms. The zero-order valence-electron chi connectivity index (χ0n) is 9.05. The van der Waals surface area contributed by atoms with Gasteiger partial charge in [-0.2, -0.15) is 0 Å². The van der Waals surface area contributed by atoms with Gasteiger partial charge in [0.25, 0.3) is 0 Å². The molecule has 0 amide bonds. The van der Waals surface area contributed by atoms with E-state index in [0.29, 0.717) is 12.1 Å². The molecule has 0 aromatic carbocycles. The molecule has 2 atom stereocenters. The minimum atomic E-state index is 0.542. The fourth-order valence-corrected chi connectivity index (χ4v) is 1.80. The van der Waals surface area contributed by atoms with Gasteiger partial charge in [0.15, 0.2) is 0 Å². The Bertz CT molecular complexity index is 139. The summed E-state index contributed by atoms with van der Waals surface area (Å²) in [7, 11) is 4.25. The van der Waals surface area contributed by atoms with E-state index in [1.54, 1.807) is 0 Å². The molecule has 1 fully saturated rings. The van der Waals surface area contributed by atoms with Gasteiger partial charge in [0.1, 0.15) is 0 Å². The second-order valence-electron chi connectivity index (χ2n) is 3.96. The van der Waals surface area contributed by atoms with Crippen LogP contribution in [0.3, 0.4) is 0 Å². The van der Waals surface area contributed by atoms with Crippen LogP contribution < -0.4 is 5.32 Å². The Morgan fingerprint density at radius 2 is 2.23 bits per heavy atom. The smallest absolute Gasteiger partial charge is 0.0636 e. The monoisotopic (exact) mass is 186 g/mol. The van der Waals surface area contributed by atoms with Crippen LogP contribution in [-0.4, -0.2) is 50.8 Å². The first-order valence-electron chi connectivity index (χ1n) is 5.23. The SMILES string of the molecule is CCCNC1CCOCC1N(C)C. The zero-order valence-corrected chi connectivity index (χ0v) is 9.05. The molecule has 1 aliphatic rings. The van der Waals surface area contributed by atoms with E-state index >= 15 is 0 Å². The topological polar surface area (TPSA) is 24.5 Å². The normalized spacial score (nSPS) is 29.5. The molecule has 0 aliphatic carbocycles. The molecule has 1 N–H and O–H groups in total. The van der Waals surface area contributed by atoms with E-state index in [1.807, 2.05) is 0 Å². The van der Waals surface area contributed by atoms with Crippen molar-refractivity contribution in [1.82, 2.24) is 10.2 Å². The summed E-state index contributed by atoms with van der Waals surface area (Å²) in [5.41, 5.74) is 0. The van der Waals surface area contributed by atoms with Crippen molar-refractivity contribution < 1.29 is 4.74 Å². The number of likely N-dealkylation sites (N-methyl/N-ethyl adjacent to an activating group) is 1. The number of hydrogen-bond acceptors (Lipinski definition) is 3. The molecule has 0 spiro atoms. The highest BCUT2D eigenvalue weighted by Gasteiger charge is 2.26. The third-order valence-corrected chi connectivity index (χ3v) is 2.65. The predicted octanol–water partition coefficient (Wildman–Crippen LogP) is 0.705. The second kappa shape index (κ2) is 5.58. The van der Waals surface area contributed by atoms with Gasteiger partial charge in [0.2, 0.25) is 0 Å². The fourth-order valence-electron chi connectivity index (χ4n) is 1.80. The minimum absolute atomic E-state index is 0.542. The molecule has 0 aromatic heterocycles. The van der Waals surface area contributed by atoms with Crippen LogP contribution >= 0.6 is 0 Å². The van der Waals surface area contributed by atoms with Crippen molar-refractivity contribution >= 4 is 0 Å². The van der Waals surface area contributed by atoms with Gasteiger partial charge in [-0.05, 0) is 33.5 Å². The van der Waals surface area contributed by atoms with E-state index in [1.165, 1.54) is 6.42 Å². The summed E-state index contributed by atoms with van der Waals surface area (Å²) in [6.07, 6.45) is 2.35. The van der Waals surface area contributed by atoms with Gasteiger partial charge in [-0.25, -0.2) is 0 Å². The first kappa shape index (κ1) is 11.0. The highest BCUT2D eigenvalue weighted by atomic mass is 16.5. The van der Waals surface area contributed by atoms with Gasteiger partial charge < -0.3 is 15.0 Å². The van der Waals surface area contributed by atoms with E-state index in [0.717, 1.165) is 26.2 Å². The zero-order chi connectivity index (χ0) is 9.68. The van der Waals surface area contributed by atoms with Crippen molar-refractivity contribution in [3.05, 3.63) is 0 Å². The largest absolute Gasteiger partial charge is 0.380 e. The Hall–Kier alpha value is -0.120. The van der Waals surface area contributed by atoms with E-state index in [2.05, 4.69) is 31.2 Å². The first-order valence-corrected chi connectivity index (χ1v) is 5.23. The van der Waals surface area contributed by atoms with Gasteiger partial charge in [-0.3, -0.25) is 0 Å². The molecule has 0 bridgehead atoms. The van der Waals surface area contributed by atoms with Crippen LogP contribution in [0, 0.1) is 0 Å². The standard InChI is InChI=1S/C10H22N2O/c1-4-6-11-9-5-7-13-8-10(9)12(2)3/h9-11H,4-8H2,1-3H3. The van der Waals surface area contributed by atoms with Crippen LogP contribution in [0.1, 0.15) is 19.8 Å². The molecule has 1 rings (SSSR count). The quantitative estimate of drug-likeness (QED) is 0.699. The molecule has 0 aromatic rings. The van der Waals surface area contributed by atoms with Crippen LogP contribution in [0.5, 0.6) is 0 Å². The maximum Gasteiger partial charge on any atom is 0.0636 e. The summed E-state index contributed by atoms with van der Waals surface area (Å²) in [6, 6.07) is 1.16. The van der Waals surface area contributed by atoms with Crippen LogP contribution in [0.25, 0.3) is 0 Å². The van der Waals surface area contributed by atoms with E-state index in [4.69, 9.17) is 4.74 Å². The van der Waals surface area contributed by atoms with Gasteiger partial charge >= 0.3 is 0 Å². The average Bonchev–Trinajstić information content (AvgIpc) is 2.15. The highest BCUT2D eigenvalue weighted by molar-refractivity contribution is 4.84. The third kappa shape index (κ3) is 3.25. The fraction of sp³-hybridized carbons (Fsp3) is 1.00. The lowest BCUT2D eigenvalue weighted by molar-refractivity contribution is 0.0144. The minimum Gasteiger partial charge on any atom is -0.380 e. The third-order valence-electron chi connectivity index (χ3n) is 2.65. The lowest BCUT2D eigenvalue weighted by Crippen LogP contribution is -2.53. The molecular weight excluding hydrogens is 164 g/mol. The molecule has 1 heterocycles. The van der Waals surface area contributed by atoms with Crippen LogP contribution in [0.4, 0.5) is 0 Å². The Labute approximate surface area is 81.4 Å². The van der Waals surface area contributed by atoms with E-state index in [9.17, 15) is 0 Å². The Balaban J connectivity index is 2.37. The Morgan fingerprint density at radius 3 is 2.85 bits per heavy atom. The van der Waals surface area contributed by atoms with Crippen molar-refractivity contribution in [2.75, 3.05) is 33.9 Å². The van der Waals surface area contributed by atoms with Crippen molar-refractivity contribution in [2.45, 2.75) is 31.8 Å². The molecule has 0 radical (unpaired) electrons. The van der Waals surface area contributed by atoms with E-state index < -0.39 is 0 Å². The van der Waals surface area contributed by atoms with Crippen LogP contribution in [0.15, 0.2) is 0 Å². The summed E-state index contributed by atoms with van der Waals surface area (Å²) in [6.45, 7) is 5.10. The molecule has 1 saturated heterocycles. The molecule has 0 saturated carbocycles. The lowest BCUT2D eigenvalue weighted by Gasteiger charge is -2.36. The van der Waals surface area contributed by atoms with Crippen molar-refractivity contribution in [3.8, 4) is 0 Å². The second-order valence-corrected chi connectivity index (χ2v) is 3.96. The number of ether oxygens (including phenoxy) is 1. The van der Waals surface area contributed by atoms with Crippen molar-refractivity contribution in [3.63, 3.8) is 0 Å². The maximum absolute atomic E-state index is 5.47. The maximum atomic E-state index is 5.47.